The third-order valence-corrected chi connectivity index (χ3v) is 6.95. The Kier molecular flexibility index (Phi) is 5.60. The van der Waals surface area contributed by atoms with E-state index in [1.807, 2.05) is 0 Å². The van der Waals surface area contributed by atoms with E-state index < -0.39 is 5.97 Å². The summed E-state index contributed by atoms with van der Waals surface area (Å²) in [5.74, 6) is 0.715. The lowest BCUT2D eigenvalue weighted by Gasteiger charge is -2.54. The molecular formula is C20H34O3. The van der Waals surface area contributed by atoms with Crippen LogP contribution in [0.3, 0.4) is 0 Å². The molecule has 23 heavy (non-hydrogen) atoms. The number of allylic oxidation sites excluding steroid dienone is 1. The van der Waals surface area contributed by atoms with Crippen molar-refractivity contribution in [3.05, 3.63) is 11.6 Å². The van der Waals surface area contributed by atoms with Crippen molar-refractivity contribution in [2.45, 2.75) is 72.6 Å². The normalized spacial score (nSPS) is 38.6. The molecule has 132 valence electrons. The summed E-state index contributed by atoms with van der Waals surface area (Å²) < 4.78 is 0. The van der Waals surface area contributed by atoms with Gasteiger partial charge in [-0.2, -0.15) is 0 Å². The standard InChI is InChI=1S/C20H34O3/c1-14(12-18(22)23)9-11-20(4)15(2)7-8-16-17(20)6-5-10-19(16,3)13-21/h8,14-15,17,21H,5-7,9-13H2,1-4H3,(H,22,23)/t14-,15-,17+,19-,20+/m0/s1. The molecule has 5 atom stereocenters. The molecule has 0 heterocycles. The fourth-order valence-corrected chi connectivity index (χ4v) is 4.96. The fourth-order valence-electron chi connectivity index (χ4n) is 4.96. The van der Waals surface area contributed by atoms with Gasteiger partial charge in [0.2, 0.25) is 0 Å². The molecule has 1 saturated carbocycles. The lowest BCUT2D eigenvalue weighted by molar-refractivity contribution is -0.138. The topological polar surface area (TPSA) is 57.5 Å². The molecule has 0 aliphatic heterocycles. The van der Waals surface area contributed by atoms with Crippen LogP contribution in [0.4, 0.5) is 0 Å². The van der Waals surface area contributed by atoms with Gasteiger partial charge in [-0.15, -0.1) is 0 Å². The summed E-state index contributed by atoms with van der Waals surface area (Å²) in [6, 6.07) is 0. The number of hydrogen-bond donors (Lipinski definition) is 2. The minimum atomic E-state index is -0.689. The Balaban J connectivity index is 2.16. The summed E-state index contributed by atoms with van der Waals surface area (Å²) >= 11 is 0. The van der Waals surface area contributed by atoms with E-state index >= 15 is 0 Å². The van der Waals surface area contributed by atoms with Gasteiger partial charge in [0.25, 0.3) is 0 Å². The summed E-state index contributed by atoms with van der Waals surface area (Å²) in [5, 5.41) is 18.9. The number of hydrogen-bond acceptors (Lipinski definition) is 2. The predicted molar refractivity (Wildman–Crippen MR) is 93.2 cm³/mol. The Labute approximate surface area is 141 Å². The second kappa shape index (κ2) is 6.96. The number of aliphatic carboxylic acids is 1. The van der Waals surface area contributed by atoms with Crippen molar-refractivity contribution in [2.75, 3.05) is 6.61 Å². The van der Waals surface area contributed by atoms with E-state index in [1.54, 1.807) is 0 Å². The van der Waals surface area contributed by atoms with E-state index in [0.717, 1.165) is 25.7 Å². The molecule has 0 aromatic carbocycles. The van der Waals surface area contributed by atoms with Gasteiger partial charge in [0.1, 0.15) is 0 Å². The van der Waals surface area contributed by atoms with Crippen molar-refractivity contribution in [2.24, 2.45) is 28.6 Å². The highest BCUT2D eigenvalue weighted by Crippen LogP contribution is 2.58. The lowest BCUT2D eigenvalue weighted by atomic mass is 9.51. The number of rotatable bonds is 6. The van der Waals surface area contributed by atoms with Gasteiger partial charge in [0, 0.05) is 11.8 Å². The lowest BCUT2D eigenvalue weighted by Crippen LogP contribution is -2.45. The molecule has 1 fully saturated rings. The van der Waals surface area contributed by atoms with Gasteiger partial charge in [0.15, 0.2) is 0 Å². The average molecular weight is 322 g/mol. The third-order valence-electron chi connectivity index (χ3n) is 6.95. The van der Waals surface area contributed by atoms with Gasteiger partial charge >= 0.3 is 5.97 Å². The third kappa shape index (κ3) is 3.65. The first-order valence-corrected chi connectivity index (χ1v) is 9.26. The first-order valence-electron chi connectivity index (χ1n) is 9.26. The molecule has 2 rings (SSSR count). The molecule has 2 aliphatic rings. The van der Waals surface area contributed by atoms with Crippen molar-refractivity contribution in [1.82, 2.24) is 0 Å². The quantitative estimate of drug-likeness (QED) is 0.700. The van der Waals surface area contributed by atoms with Crippen LogP contribution >= 0.6 is 0 Å². The van der Waals surface area contributed by atoms with Crippen LogP contribution < -0.4 is 0 Å². The second-order valence-electron chi connectivity index (χ2n) is 8.71. The Morgan fingerprint density at radius 1 is 1.43 bits per heavy atom. The summed E-state index contributed by atoms with van der Waals surface area (Å²) in [7, 11) is 0. The van der Waals surface area contributed by atoms with Crippen molar-refractivity contribution in [3.8, 4) is 0 Å². The minimum Gasteiger partial charge on any atom is -0.481 e. The van der Waals surface area contributed by atoms with Crippen LogP contribution in [0.5, 0.6) is 0 Å². The molecule has 2 N–H and O–H groups in total. The van der Waals surface area contributed by atoms with E-state index in [0.29, 0.717) is 11.8 Å². The van der Waals surface area contributed by atoms with Crippen LogP contribution in [0.2, 0.25) is 0 Å². The molecule has 0 spiro atoms. The molecule has 3 heteroatoms. The number of fused-ring (bicyclic) bond motifs is 1. The Bertz CT molecular complexity index is 470. The van der Waals surface area contributed by atoms with Crippen LogP contribution in [0, 0.1) is 28.6 Å². The molecule has 0 unspecified atom stereocenters. The second-order valence-corrected chi connectivity index (χ2v) is 8.71. The van der Waals surface area contributed by atoms with Crippen LogP contribution in [0.25, 0.3) is 0 Å². The van der Waals surface area contributed by atoms with Gasteiger partial charge in [-0.3, -0.25) is 4.79 Å². The van der Waals surface area contributed by atoms with E-state index in [1.165, 1.54) is 18.4 Å². The Hall–Kier alpha value is -0.830. The number of aliphatic hydroxyl groups is 1. The first-order chi connectivity index (χ1) is 10.7. The zero-order valence-electron chi connectivity index (χ0n) is 15.3. The largest absolute Gasteiger partial charge is 0.481 e. The highest BCUT2D eigenvalue weighted by atomic mass is 16.4. The van der Waals surface area contributed by atoms with Crippen LogP contribution in [-0.2, 0) is 4.79 Å². The van der Waals surface area contributed by atoms with Crippen molar-refractivity contribution >= 4 is 5.97 Å². The van der Waals surface area contributed by atoms with E-state index in [4.69, 9.17) is 5.11 Å². The summed E-state index contributed by atoms with van der Waals surface area (Å²) in [6.07, 6.45) is 9.33. The smallest absolute Gasteiger partial charge is 0.303 e. The molecule has 0 aromatic rings. The van der Waals surface area contributed by atoms with Gasteiger partial charge in [-0.1, -0.05) is 45.8 Å². The van der Waals surface area contributed by atoms with Crippen molar-refractivity contribution in [3.63, 3.8) is 0 Å². The molecule has 2 aliphatic carbocycles. The number of carboxylic acids is 1. The van der Waals surface area contributed by atoms with Gasteiger partial charge in [-0.05, 0) is 55.3 Å². The fraction of sp³-hybridized carbons (Fsp3) is 0.850. The maximum absolute atomic E-state index is 10.9. The van der Waals surface area contributed by atoms with Crippen LogP contribution in [0.15, 0.2) is 11.6 Å². The molecule has 0 amide bonds. The molecule has 0 radical (unpaired) electrons. The Morgan fingerprint density at radius 2 is 2.13 bits per heavy atom. The summed E-state index contributed by atoms with van der Waals surface area (Å²) in [5.41, 5.74) is 1.67. The SMILES string of the molecule is C[C@@H](CC[C@@]1(C)[C@@H]2CCC[C@@](C)(CO)C2=CC[C@@H]1C)CC(=O)O. The van der Waals surface area contributed by atoms with E-state index in [9.17, 15) is 9.90 Å². The number of carbonyl (C=O) groups is 1. The summed E-state index contributed by atoms with van der Waals surface area (Å²) in [4.78, 5) is 10.9. The van der Waals surface area contributed by atoms with Crippen LogP contribution in [-0.4, -0.2) is 22.8 Å². The monoisotopic (exact) mass is 322 g/mol. The van der Waals surface area contributed by atoms with Crippen LogP contribution in [0.1, 0.15) is 72.6 Å². The predicted octanol–water partition coefficient (Wildman–Crippen LogP) is 4.65. The Morgan fingerprint density at radius 3 is 2.74 bits per heavy atom. The van der Waals surface area contributed by atoms with Crippen molar-refractivity contribution < 1.29 is 15.0 Å². The average Bonchev–Trinajstić information content (AvgIpc) is 2.49. The zero-order valence-corrected chi connectivity index (χ0v) is 15.3. The maximum Gasteiger partial charge on any atom is 0.303 e. The van der Waals surface area contributed by atoms with Crippen molar-refractivity contribution in [1.29, 1.82) is 0 Å². The molecule has 0 bridgehead atoms. The zero-order chi connectivity index (χ0) is 17.3. The molecule has 0 saturated heterocycles. The highest BCUT2D eigenvalue weighted by Gasteiger charge is 2.49. The maximum atomic E-state index is 10.9. The molecule has 0 aromatic heterocycles. The number of aliphatic hydroxyl groups excluding tert-OH is 1. The molecular weight excluding hydrogens is 288 g/mol. The minimum absolute atomic E-state index is 0.0446. The number of carboxylic acid groups (broad SMARTS) is 1. The summed E-state index contributed by atoms with van der Waals surface area (Å²) in [6.45, 7) is 9.27. The first kappa shape index (κ1) is 18.5. The van der Waals surface area contributed by atoms with E-state index in [-0.39, 0.29) is 29.8 Å². The van der Waals surface area contributed by atoms with E-state index in [2.05, 4.69) is 33.8 Å². The molecule has 3 nitrogen and oxygen atoms in total. The highest BCUT2D eigenvalue weighted by molar-refractivity contribution is 5.66. The van der Waals surface area contributed by atoms with Gasteiger partial charge < -0.3 is 10.2 Å². The van der Waals surface area contributed by atoms with Gasteiger partial charge in [0.05, 0.1) is 6.61 Å². The van der Waals surface area contributed by atoms with Gasteiger partial charge in [-0.25, -0.2) is 0 Å².